The molecule has 0 fully saturated rings. The van der Waals surface area contributed by atoms with Gasteiger partial charge in [0, 0.05) is 13.1 Å². The third kappa shape index (κ3) is 1.73. The van der Waals surface area contributed by atoms with Crippen molar-refractivity contribution in [2.45, 2.75) is 6.92 Å². The van der Waals surface area contributed by atoms with Crippen molar-refractivity contribution in [3.8, 4) is 0 Å². The fraction of sp³-hybridized carbons (Fsp3) is 0.400. The first-order chi connectivity index (χ1) is 4.29. The highest BCUT2D eigenvalue weighted by molar-refractivity contribution is 5.65. The Morgan fingerprint density at radius 3 is 3.11 bits per heavy atom. The highest BCUT2D eigenvalue weighted by Gasteiger charge is 2.06. The molecule has 1 aliphatic rings. The number of hydrogen-bond acceptors (Lipinski definition) is 4. The number of hydrogen-bond donors (Lipinski definition) is 1. The van der Waals surface area contributed by atoms with Gasteiger partial charge in [-0.3, -0.25) is 10.2 Å². The van der Waals surface area contributed by atoms with Crippen LogP contribution in [0.1, 0.15) is 6.92 Å². The molecule has 1 rings (SSSR count). The number of hydrazine groups is 1. The van der Waals surface area contributed by atoms with Gasteiger partial charge in [-0.25, -0.2) is 0 Å². The van der Waals surface area contributed by atoms with E-state index in [1.54, 1.807) is 6.20 Å². The maximum atomic E-state index is 10.3. The standard InChI is InChI=1S/C5H8N2O2/c1-5(8)9-7-4-2-3-6-7/h2-3,6H,4H2,1H3. The predicted molar refractivity (Wildman–Crippen MR) is 30.7 cm³/mol. The highest BCUT2D eigenvalue weighted by atomic mass is 16.7. The lowest BCUT2D eigenvalue weighted by Gasteiger charge is -2.12. The van der Waals surface area contributed by atoms with E-state index in [1.807, 2.05) is 6.08 Å². The van der Waals surface area contributed by atoms with Crippen molar-refractivity contribution in [1.29, 1.82) is 0 Å². The third-order valence-electron chi connectivity index (χ3n) is 0.846. The molecule has 50 valence electrons. The minimum atomic E-state index is -0.314. The first-order valence-electron chi connectivity index (χ1n) is 2.66. The number of nitrogens with one attached hydrogen (secondary N) is 1. The van der Waals surface area contributed by atoms with Gasteiger partial charge in [-0.05, 0) is 11.2 Å². The van der Waals surface area contributed by atoms with Gasteiger partial charge in [-0.1, -0.05) is 0 Å². The van der Waals surface area contributed by atoms with Crippen LogP contribution in [-0.4, -0.2) is 17.7 Å². The largest absolute Gasteiger partial charge is 0.348 e. The molecule has 0 aliphatic carbocycles. The molecule has 4 nitrogen and oxygen atoms in total. The van der Waals surface area contributed by atoms with Crippen molar-refractivity contribution in [3.63, 3.8) is 0 Å². The summed E-state index contributed by atoms with van der Waals surface area (Å²) in [5.74, 6) is -0.314. The fourth-order valence-electron chi connectivity index (χ4n) is 0.556. The summed E-state index contributed by atoms with van der Waals surface area (Å²) in [5, 5.41) is 1.35. The summed E-state index contributed by atoms with van der Waals surface area (Å²) in [5.41, 5.74) is 2.70. The van der Waals surface area contributed by atoms with Gasteiger partial charge in [0.15, 0.2) is 0 Å². The van der Waals surface area contributed by atoms with E-state index in [9.17, 15) is 4.79 Å². The van der Waals surface area contributed by atoms with E-state index in [2.05, 4.69) is 10.3 Å². The molecule has 0 unspecified atom stereocenters. The monoisotopic (exact) mass is 128 g/mol. The molecule has 0 radical (unpaired) electrons. The topological polar surface area (TPSA) is 41.6 Å². The van der Waals surface area contributed by atoms with Gasteiger partial charge in [0.25, 0.3) is 0 Å². The molecule has 0 aromatic heterocycles. The first-order valence-corrected chi connectivity index (χ1v) is 2.66. The Bertz CT molecular complexity index is 136. The van der Waals surface area contributed by atoms with Gasteiger partial charge in [0.2, 0.25) is 0 Å². The van der Waals surface area contributed by atoms with Crippen molar-refractivity contribution in [2.75, 3.05) is 6.54 Å². The Hall–Kier alpha value is -1.03. The summed E-state index contributed by atoms with van der Waals surface area (Å²) in [4.78, 5) is 14.9. The van der Waals surface area contributed by atoms with E-state index >= 15 is 0 Å². The smallest absolute Gasteiger partial charge is 0.324 e. The molecule has 0 aromatic rings. The van der Waals surface area contributed by atoms with E-state index in [0.717, 1.165) is 0 Å². The number of carbonyl (C=O) groups is 1. The van der Waals surface area contributed by atoms with Crippen molar-refractivity contribution < 1.29 is 9.63 Å². The molecular formula is C5H8N2O2. The summed E-state index contributed by atoms with van der Waals surface area (Å²) in [6.07, 6.45) is 3.56. The second-order valence-corrected chi connectivity index (χ2v) is 1.68. The van der Waals surface area contributed by atoms with E-state index in [4.69, 9.17) is 0 Å². The predicted octanol–water partition coefficient (Wildman–Crippen LogP) is -0.202. The molecule has 9 heavy (non-hydrogen) atoms. The quantitative estimate of drug-likeness (QED) is 0.531. The van der Waals surface area contributed by atoms with Crippen LogP contribution in [0.4, 0.5) is 0 Å². The lowest BCUT2D eigenvalue weighted by molar-refractivity contribution is -0.193. The number of nitrogens with zero attached hydrogens (tertiary/aromatic N) is 1. The summed E-state index contributed by atoms with van der Waals surface area (Å²) in [7, 11) is 0. The Morgan fingerprint density at radius 1 is 1.89 bits per heavy atom. The average molecular weight is 128 g/mol. The Morgan fingerprint density at radius 2 is 2.67 bits per heavy atom. The van der Waals surface area contributed by atoms with Crippen molar-refractivity contribution in [3.05, 3.63) is 12.3 Å². The van der Waals surface area contributed by atoms with E-state index < -0.39 is 0 Å². The minimum Gasteiger partial charge on any atom is -0.348 e. The summed E-state index contributed by atoms with van der Waals surface area (Å²) < 4.78 is 0. The maximum absolute atomic E-state index is 10.3. The highest BCUT2D eigenvalue weighted by Crippen LogP contribution is 1.92. The van der Waals surface area contributed by atoms with Crippen LogP contribution in [0.3, 0.4) is 0 Å². The van der Waals surface area contributed by atoms with Gasteiger partial charge < -0.3 is 4.84 Å². The molecule has 0 saturated carbocycles. The van der Waals surface area contributed by atoms with Crippen LogP contribution in [0.15, 0.2) is 12.3 Å². The minimum absolute atomic E-state index is 0.314. The van der Waals surface area contributed by atoms with Gasteiger partial charge in [0.05, 0.1) is 6.54 Å². The number of rotatable bonds is 1. The Kier molecular flexibility index (Phi) is 1.69. The van der Waals surface area contributed by atoms with E-state index in [0.29, 0.717) is 6.54 Å². The lowest BCUT2D eigenvalue weighted by Crippen LogP contribution is -2.31. The van der Waals surface area contributed by atoms with Crippen molar-refractivity contribution in [2.24, 2.45) is 0 Å². The Labute approximate surface area is 53.0 Å². The third-order valence-corrected chi connectivity index (χ3v) is 0.846. The first kappa shape index (κ1) is 6.10. The van der Waals surface area contributed by atoms with Crippen LogP contribution in [0.5, 0.6) is 0 Å². The summed E-state index contributed by atoms with van der Waals surface area (Å²) >= 11 is 0. The molecule has 4 heteroatoms. The molecule has 0 spiro atoms. The molecule has 1 aliphatic heterocycles. The zero-order chi connectivity index (χ0) is 6.69. The Balaban J connectivity index is 2.22. The number of hydroxylamine groups is 1. The normalized spacial score (nSPS) is 17.4. The average Bonchev–Trinajstić information content (AvgIpc) is 2.15. The summed E-state index contributed by atoms with van der Waals surface area (Å²) in [6.45, 7) is 1.97. The molecule has 0 atom stereocenters. The molecule has 1 heterocycles. The molecule has 1 N–H and O–H groups in total. The van der Waals surface area contributed by atoms with Crippen molar-refractivity contribution in [1.82, 2.24) is 10.6 Å². The van der Waals surface area contributed by atoms with Crippen LogP contribution in [0.2, 0.25) is 0 Å². The zero-order valence-electron chi connectivity index (χ0n) is 5.13. The second kappa shape index (κ2) is 2.50. The van der Waals surface area contributed by atoms with Crippen LogP contribution in [0.25, 0.3) is 0 Å². The fourth-order valence-corrected chi connectivity index (χ4v) is 0.556. The van der Waals surface area contributed by atoms with Gasteiger partial charge in [-0.15, -0.1) is 0 Å². The molecule has 0 bridgehead atoms. The van der Waals surface area contributed by atoms with Crippen LogP contribution in [0, 0.1) is 0 Å². The van der Waals surface area contributed by atoms with E-state index in [1.165, 1.54) is 12.1 Å². The maximum Gasteiger partial charge on any atom is 0.324 e. The van der Waals surface area contributed by atoms with Gasteiger partial charge in [0.1, 0.15) is 0 Å². The van der Waals surface area contributed by atoms with Gasteiger partial charge in [-0.2, -0.15) is 0 Å². The zero-order valence-corrected chi connectivity index (χ0v) is 5.13. The van der Waals surface area contributed by atoms with Crippen LogP contribution < -0.4 is 5.43 Å². The van der Waals surface area contributed by atoms with E-state index in [-0.39, 0.29) is 5.97 Å². The molecule has 0 aromatic carbocycles. The van der Waals surface area contributed by atoms with Gasteiger partial charge >= 0.3 is 5.97 Å². The van der Waals surface area contributed by atoms with Crippen molar-refractivity contribution >= 4 is 5.97 Å². The summed E-state index contributed by atoms with van der Waals surface area (Å²) in [6, 6.07) is 0. The molecule has 0 saturated heterocycles. The van der Waals surface area contributed by atoms with Crippen LogP contribution >= 0.6 is 0 Å². The second-order valence-electron chi connectivity index (χ2n) is 1.68. The molecule has 0 amide bonds. The number of carbonyl (C=O) groups excluding carboxylic acids is 1. The van der Waals surface area contributed by atoms with Crippen LogP contribution in [-0.2, 0) is 9.63 Å². The SMILES string of the molecule is CC(=O)ON1CC=CN1. The lowest BCUT2D eigenvalue weighted by atomic mass is 10.7. The molecular weight excluding hydrogens is 120 g/mol.